The maximum atomic E-state index is 12.8. The van der Waals surface area contributed by atoms with Gasteiger partial charge < -0.3 is 9.30 Å². The molecule has 0 aliphatic carbocycles. The van der Waals surface area contributed by atoms with Crippen molar-refractivity contribution in [2.45, 2.75) is 52.9 Å². The molecule has 0 unspecified atom stereocenters. The molecule has 0 bridgehead atoms. The van der Waals surface area contributed by atoms with Gasteiger partial charge in [-0.05, 0) is 18.9 Å². The van der Waals surface area contributed by atoms with Gasteiger partial charge >= 0.3 is 0 Å². The first-order chi connectivity index (χ1) is 11.5. The van der Waals surface area contributed by atoms with Crippen molar-refractivity contribution in [2.24, 2.45) is 5.41 Å². The zero-order valence-corrected chi connectivity index (χ0v) is 17.3. The van der Waals surface area contributed by atoms with Crippen LogP contribution in [0.2, 0.25) is 0 Å². The fraction of sp³-hybridized carbons (Fsp3) is 0.722. The molecule has 144 valence electrons. The highest BCUT2D eigenvalue weighted by molar-refractivity contribution is 7.91. The third-order valence-corrected chi connectivity index (χ3v) is 5.78. The monoisotopic (exact) mass is 371 g/mol. The molecule has 1 aromatic rings. The highest BCUT2D eigenvalue weighted by Crippen LogP contribution is 2.23. The first-order valence-corrected chi connectivity index (χ1v) is 10.3. The lowest BCUT2D eigenvalue weighted by Gasteiger charge is -2.22. The standard InChI is InChI=1S/C18H33N3O3S/c1-8-20(12-15(2)3)13-16-11-19-17(21(16)9-10-24-7)25(22,23)14-18(4,5)6/h11H,2,8-10,12-14H2,1,3-7H3. The molecule has 0 spiro atoms. The maximum absolute atomic E-state index is 12.8. The molecular weight excluding hydrogens is 338 g/mol. The summed E-state index contributed by atoms with van der Waals surface area (Å²) in [5, 5.41) is 0.140. The molecule has 0 radical (unpaired) electrons. The second-order valence-corrected chi connectivity index (χ2v) is 9.64. The molecule has 7 heteroatoms. The Balaban J connectivity index is 3.19. The van der Waals surface area contributed by atoms with E-state index in [9.17, 15) is 8.42 Å². The Hall–Kier alpha value is -1.18. The minimum atomic E-state index is -3.46. The van der Waals surface area contributed by atoms with Gasteiger partial charge in [0.25, 0.3) is 0 Å². The molecular formula is C18H33N3O3S. The predicted molar refractivity (Wildman–Crippen MR) is 101 cm³/mol. The molecule has 0 aliphatic heterocycles. The Morgan fingerprint density at radius 1 is 1.40 bits per heavy atom. The van der Waals surface area contributed by atoms with Crippen LogP contribution < -0.4 is 0 Å². The summed E-state index contributed by atoms with van der Waals surface area (Å²) >= 11 is 0. The van der Waals surface area contributed by atoms with Crippen molar-refractivity contribution in [1.29, 1.82) is 0 Å². The number of sulfone groups is 1. The van der Waals surface area contributed by atoms with E-state index in [1.165, 1.54) is 0 Å². The quantitative estimate of drug-likeness (QED) is 0.592. The van der Waals surface area contributed by atoms with Gasteiger partial charge in [0.2, 0.25) is 15.0 Å². The van der Waals surface area contributed by atoms with E-state index < -0.39 is 9.84 Å². The summed E-state index contributed by atoms with van der Waals surface area (Å²) in [5.41, 5.74) is 1.63. The predicted octanol–water partition coefficient (Wildman–Crippen LogP) is 2.75. The van der Waals surface area contributed by atoms with Crippen LogP contribution in [0.3, 0.4) is 0 Å². The van der Waals surface area contributed by atoms with Crippen molar-refractivity contribution in [3.05, 3.63) is 24.0 Å². The van der Waals surface area contributed by atoms with Gasteiger partial charge in [-0.1, -0.05) is 39.8 Å². The number of hydrogen-bond acceptors (Lipinski definition) is 5. The summed E-state index contributed by atoms with van der Waals surface area (Å²) in [5.74, 6) is 0.0622. The minimum Gasteiger partial charge on any atom is -0.383 e. The summed E-state index contributed by atoms with van der Waals surface area (Å²) in [4.78, 5) is 6.47. The number of aromatic nitrogens is 2. The van der Waals surface area contributed by atoms with E-state index in [0.717, 1.165) is 24.4 Å². The van der Waals surface area contributed by atoms with Gasteiger partial charge in [-0.3, -0.25) is 4.90 Å². The number of likely N-dealkylation sites (N-methyl/N-ethyl adjacent to an activating group) is 1. The van der Waals surface area contributed by atoms with Gasteiger partial charge in [0.05, 0.1) is 24.3 Å². The second kappa shape index (κ2) is 8.96. The van der Waals surface area contributed by atoms with Crippen molar-refractivity contribution in [2.75, 3.05) is 32.6 Å². The molecule has 0 fully saturated rings. The number of hydrogen-bond donors (Lipinski definition) is 0. The smallest absolute Gasteiger partial charge is 0.227 e. The van der Waals surface area contributed by atoms with Crippen LogP contribution in [0.15, 0.2) is 23.5 Å². The molecule has 0 N–H and O–H groups in total. The van der Waals surface area contributed by atoms with E-state index in [-0.39, 0.29) is 16.3 Å². The largest absolute Gasteiger partial charge is 0.383 e. The fourth-order valence-corrected chi connectivity index (χ4v) is 4.74. The lowest BCUT2D eigenvalue weighted by atomic mass is 10.0. The Bertz CT molecular complexity index is 672. The van der Waals surface area contributed by atoms with Gasteiger partial charge in [0.15, 0.2) is 0 Å². The van der Waals surface area contributed by atoms with E-state index in [4.69, 9.17) is 4.74 Å². The Morgan fingerprint density at radius 3 is 2.52 bits per heavy atom. The number of methoxy groups -OCH3 is 1. The lowest BCUT2D eigenvalue weighted by molar-refractivity contribution is 0.181. The van der Waals surface area contributed by atoms with Gasteiger partial charge in [0.1, 0.15) is 0 Å². The van der Waals surface area contributed by atoms with Crippen LogP contribution in [-0.4, -0.2) is 55.4 Å². The average molecular weight is 372 g/mol. The van der Waals surface area contributed by atoms with Gasteiger partial charge in [0, 0.05) is 26.7 Å². The molecule has 1 aromatic heterocycles. The molecule has 0 saturated carbocycles. The van der Waals surface area contributed by atoms with Crippen molar-refractivity contribution in [1.82, 2.24) is 14.5 Å². The van der Waals surface area contributed by atoms with Crippen molar-refractivity contribution in [3.8, 4) is 0 Å². The van der Waals surface area contributed by atoms with Crippen molar-refractivity contribution < 1.29 is 13.2 Å². The van der Waals surface area contributed by atoms with Gasteiger partial charge in [-0.15, -0.1) is 0 Å². The van der Waals surface area contributed by atoms with Gasteiger partial charge in [-0.25, -0.2) is 13.4 Å². The van der Waals surface area contributed by atoms with Crippen LogP contribution in [0.5, 0.6) is 0 Å². The van der Waals surface area contributed by atoms with Crippen LogP contribution >= 0.6 is 0 Å². The summed E-state index contributed by atoms with van der Waals surface area (Å²) in [7, 11) is -1.85. The molecule has 1 rings (SSSR count). The Kier molecular flexibility index (Phi) is 7.84. The first-order valence-electron chi connectivity index (χ1n) is 8.63. The molecule has 0 aliphatic rings. The Morgan fingerprint density at radius 2 is 2.04 bits per heavy atom. The van der Waals surface area contributed by atoms with Crippen LogP contribution in [0, 0.1) is 5.41 Å². The minimum absolute atomic E-state index is 0.0622. The zero-order valence-electron chi connectivity index (χ0n) is 16.5. The second-order valence-electron chi connectivity index (χ2n) is 7.76. The summed E-state index contributed by atoms with van der Waals surface area (Å²) < 4.78 is 32.6. The molecule has 0 amide bonds. The van der Waals surface area contributed by atoms with E-state index >= 15 is 0 Å². The van der Waals surface area contributed by atoms with E-state index in [2.05, 4.69) is 23.4 Å². The lowest BCUT2D eigenvalue weighted by Crippen LogP contribution is -2.28. The summed E-state index contributed by atoms with van der Waals surface area (Å²) in [6, 6.07) is 0. The molecule has 0 saturated heterocycles. The molecule has 0 aromatic carbocycles. The number of imidazole rings is 1. The summed E-state index contributed by atoms with van der Waals surface area (Å²) in [6.07, 6.45) is 1.67. The maximum Gasteiger partial charge on any atom is 0.227 e. The number of nitrogens with zero attached hydrogens (tertiary/aromatic N) is 3. The normalized spacial score (nSPS) is 12.8. The van der Waals surface area contributed by atoms with Crippen LogP contribution in [0.25, 0.3) is 0 Å². The topological polar surface area (TPSA) is 64.4 Å². The molecule has 6 nitrogen and oxygen atoms in total. The summed E-state index contributed by atoms with van der Waals surface area (Å²) in [6.45, 7) is 16.9. The fourth-order valence-electron chi connectivity index (χ4n) is 2.71. The first kappa shape index (κ1) is 21.9. The van der Waals surface area contributed by atoms with Crippen molar-refractivity contribution >= 4 is 9.84 Å². The van der Waals surface area contributed by atoms with Crippen LogP contribution in [0.4, 0.5) is 0 Å². The molecule has 0 atom stereocenters. The van der Waals surface area contributed by atoms with Gasteiger partial charge in [-0.2, -0.15) is 0 Å². The highest BCUT2D eigenvalue weighted by Gasteiger charge is 2.29. The molecule has 25 heavy (non-hydrogen) atoms. The van der Waals surface area contributed by atoms with Crippen LogP contribution in [-0.2, 0) is 27.7 Å². The number of ether oxygens (including phenoxy) is 1. The van der Waals surface area contributed by atoms with E-state index in [0.29, 0.717) is 19.7 Å². The van der Waals surface area contributed by atoms with E-state index in [1.807, 2.05) is 27.7 Å². The van der Waals surface area contributed by atoms with Crippen LogP contribution in [0.1, 0.15) is 40.3 Å². The Labute approximate surface area is 152 Å². The third-order valence-electron chi connectivity index (χ3n) is 3.65. The molecule has 1 heterocycles. The SMILES string of the molecule is C=C(C)CN(CC)Cc1cnc(S(=O)(=O)CC(C)(C)C)n1CCOC. The third kappa shape index (κ3) is 6.92. The highest BCUT2D eigenvalue weighted by atomic mass is 32.2. The van der Waals surface area contributed by atoms with Crippen molar-refractivity contribution in [3.63, 3.8) is 0 Å². The van der Waals surface area contributed by atoms with E-state index in [1.54, 1.807) is 17.9 Å². The number of rotatable bonds is 10. The average Bonchev–Trinajstić information content (AvgIpc) is 2.84. The zero-order chi connectivity index (χ0) is 19.3.